The second-order valence-electron chi connectivity index (χ2n) is 13.8. The molecule has 2 aliphatic heterocycles. The third kappa shape index (κ3) is 9.43. The predicted octanol–water partition coefficient (Wildman–Crippen LogP) is 5.11. The highest BCUT2D eigenvalue weighted by Gasteiger charge is 2.54. The lowest BCUT2D eigenvalue weighted by Gasteiger charge is -2.49. The van der Waals surface area contributed by atoms with Crippen molar-refractivity contribution in [3.05, 3.63) is 83.9 Å². The molecule has 2 aliphatic rings. The van der Waals surface area contributed by atoms with Crippen molar-refractivity contribution in [2.24, 2.45) is 11.3 Å². The summed E-state index contributed by atoms with van der Waals surface area (Å²) in [7, 11) is 6.00. The molecule has 1 N–H and O–H groups in total. The van der Waals surface area contributed by atoms with Gasteiger partial charge in [-0.05, 0) is 31.2 Å². The third-order valence-electron chi connectivity index (χ3n) is 10.2. The number of ether oxygens (including phenoxy) is 8. The zero-order valence-electron chi connectivity index (χ0n) is 30.9. The van der Waals surface area contributed by atoms with Gasteiger partial charge >= 0.3 is 11.9 Å². The molecule has 0 radical (unpaired) electrons. The van der Waals surface area contributed by atoms with Crippen molar-refractivity contribution in [3.8, 4) is 0 Å². The standard InChI is InChI=1S/C39H53NO11/c1-24-22-39(47-9,51-26(3)25(24)2)33(50-37(43)28-18-14-11-15-19-28)34(41)40-35(46-8)30-21-32(49-36(42)27-16-12-10-13-17-27)38(4,5)31(48-30)20-29(45-7)23-44-6/h10-19,25-26,29-33,35H,1,20-23H2,2-9H3,(H,40,41)/t25-,26-,29+,30+,31-,32-,33-,35-,39-/m1/s1. The van der Waals surface area contributed by atoms with E-state index in [2.05, 4.69) is 11.9 Å². The summed E-state index contributed by atoms with van der Waals surface area (Å²) in [5.74, 6) is -3.69. The van der Waals surface area contributed by atoms with Crippen molar-refractivity contribution in [2.75, 3.05) is 35.0 Å². The Morgan fingerprint density at radius 1 is 0.922 bits per heavy atom. The SMILES string of the molecule is C=C1C[C@](OC)([C@H](OC(=O)c2ccccc2)C(=O)N[C@H](OC)[C@@H]2C[C@@H](OC(=O)c3ccccc3)C(C)(C)[C@@H](C[C@@H](COC)OC)O2)O[C@H](C)[C@@H]1C. The molecule has 9 atom stereocenters. The monoisotopic (exact) mass is 711 g/mol. The Morgan fingerprint density at radius 3 is 2.06 bits per heavy atom. The molecule has 2 fully saturated rings. The number of rotatable bonds is 15. The summed E-state index contributed by atoms with van der Waals surface area (Å²) >= 11 is 0. The average molecular weight is 712 g/mol. The zero-order chi connectivity index (χ0) is 37.3. The quantitative estimate of drug-likeness (QED) is 0.150. The fraction of sp³-hybridized carbons (Fsp3) is 0.564. The van der Waals surface area contributed by atoms with Crippen LogP contribution in [0, 0.1) is 11.3 Å². The molecular formula is C39H53NO11. The Bertz CT molecular complexity index is 1470. The number of carbonyl (C=O) groups excluding carboxylic acids is 3. The molecule has 2 aromatic carbocycles. The van der Waals surface area contributed by atoms with E-state index in [4.69, 9.17) is 37.9 Å². The van der Waals surface area contributed by atoms with Gasteiger partial charge in [-0.25, -0.2) is 9.59 Å². The summed E-state index contributed by atoms with van der Waals surface area (Å²) in [6.07, 6.45) is -4.72. The van der Waals surface area contributed by atoms with Gasteiger partial charge in [0.05, 0.1) is 36.0 Å². The lowest BCUT2D eigenvalue weighted by Crippen LogP contribution is -2.63. The molecule has 0 aliphatic carbocycles. The molecule has 1 amide bonds. The maximum atomic E-state index is 14.4. The van der Waals surface area contributed by atoms with Gasteiger partial charge < -0.3 is 43.2 Å². The predicted molar refractivity (Wildman–Crippen MR) is 188 cm³/mol. The molecular weight excluding hydrogens is 658 g/mol. The van der Waals surface area contributed by atoms with Crippen molar-refractivity contribution >= 4 is 17.8 Å². The number of hydrogen-bond acceptors (Lipinski definition) is 11. The Morgan fingerprint density at radius 2 is 1.53 bits per heavy atom. The normalized spacial score (nSPS) is 27.8. The van der Waals surface area contributed by atoms with Crippen LogP contribution in [0.2, 0.25) is 0 Å². The Hall–Kier alpha value is -3.65. The second-order valence-corrected chi connectivity index (χ2v) is 13.8. The Kier molecular flexibility index (Phi) is 13.9. The van der Waals surface area contributed by atoms with Crippen molar-refractivity contribution in [3.63, 3.8) is 0 Å². The van der Waals surface area contributed by atoms with Gasteiger partial charge in [0, 0.05) is 59.0 Å². The van der Waals surface area contributed by atoms with E-state index in [0.29, 0.717) is 18.6 Å². The van der Waals surface area contributed by atoms with Gasteiger partial charge in [0.2, 0.25) is 11.9 Å². The minimum Gasteiger partial charge on any atom is -0.458 e. The van der Waals surface area contributed by atoms with E-state index in [0.717, 1.165) is 5.57 Å². The largest absolute Gasteiger partial charge is 0.458 e. The van der Waals surface area contributed by atoms with Crippen LogP contribution in [0.4, 0.5) is 0 Å². The zero-order valence-corrected chi connectivity index (χ0v) is 30.9. The van der Waals surface area contributed by atoms with E-state index in [1.54, 1.807) is 68.8 Å². The van der Waals surface area contributed by atoms with Gasteiger partial charge in [0.15, 0.2) is 6.23 Å². The number of nitrogens with one attached hydrogen (secondary N) is 1. The molecule has 0 saturated carbocycles. The van der Waals surface area contributed by atoms with Crippen molar-refractivity contribution in [2.45, 2.75) is 95.6 Å². The molecule has 0 bridgehead atoms. The first kappa shape index (κ1) is 40.1. The maximum absolute atomic E-state index is 14.4. The summed E-state index contributed by atoms with van der Waals surface area (Å²) < 4.78 is 47.9. The fourth-order valence-electron chi connectivity index (χ4n) is 6.61. The van der Waals surface area contributed by atoms with Crippen LogP contribution >= 0.6 is 0 Å². The number of hydrogen-bond donors (Lipinski definition) is 1. The van der Waals surface area contributed by atoms with Crippen LogP contribution in [0.5, 0.6) is 0 Å². The van der Waals surface area contributed by atoms with Crippen LogP contribution < -0.4 is 5.32 Å². The van der Waals surface area contributed by atoms with Gasteiger partial charge in [0.25, 0.3) is 5.91 Å². The van der Waals surface area contributed by atoms with Crippen LogP contribution in [0.25, 0.3) is 0 Å². The van der Waals surface area contributed by atoms with Gasteiger partial charge in [-0.2, -0.15) is 0 Å². The smallest absolute Gasteiger partial charge is 0.339 e. The van der Waals surface area contributed by atoms with Crippen LogP contribution in [0.3, 0.4) is 0 Å². The minimum absolute atomic E-state index is 0.0333. The number of amides is 1. The topological polar surface area (TPSA) is 137 Å². The van der Waals surface area contributed by atoms with Crippen molar-refractivity contribution in [1.82, 2.24) is 5.32 Å². The van der Waals surface area contributed by atoms with Gasteiger partial charge in [-0.15, -0.1) is 0 Å². The molecule has 0 spiro atoms. The first-order valence-corrected chi connectivity index (χ1v) is 17.2. The molecule has 2 aromatic rings. The average Bonchev–Trinajstić information content (AvgIpc) is 3.13. The Balaban J connectivity index is 1.66. The van der Waals surface area contributed by atoms with Gasteiger partial charge in [0.1, 0.15) is 12.2 Å². The van der Waals surface area contributed by atoms with E-state index in [9.17, 15) is 14.4 Å². The third-order valence-corrected chi connectivity index (χ3v) is 10.2. The van der Waals surface area contributed by atoms with E-state index in [1.807, 2.05) is 33.8 Å². The molecule has 51 heavy (non-hydrogen) atoms. The summed E-state index contributed by atoms with van der Waals surface area (Å²) in [4.78, 5) is 41.2. The first-order chi connectivity index (χ1) is 24.3. The van der Waals surface area contributed by atoms with Gasteiger partial charge in [-0.3, -0.25) is 4.79 Å². The molecule has 2 saturated heterocycles. The van der Waals surface area contributed by atoms with Crippen molar-refractivity contribution in [1.29, 1.82) is 0 Å². The summed E-state index contributed by atoms with van der Waals surface area (Å²) in [6.45, 7) is 12.3. The van der Waals surface area contributed by atoms with E-state index < -0.39 is 65.8 Å². The first-order valence-electron chi connectivity index (χ1n) is 17.2. The summed E-state index contributed by atoms with van der Waals surface area (Å²) in [6, 6.07) is 17.1. The lowest BCUT2D eigenvalue weighted by atomic mass is 9.74. The van der Waals surface area contributed by atoms with Crippen LogP contribution in [-0.4, -0.2) is 102 Å². The maximum Gasteiger partial charge on any atom is 0.339 e. The number of esters is 2. The van der Waals surface area contributed by atoms with Crippen LogP contribution in [0.15, 0.2) is 72.8 Å². The molecule has 12 nitrogen and oxygen atoms in total. The van der Waals surface area contributed by atoms with E-state index >= 15 is 0 Å². The minimum atomic E-state index is -1.69. The second kappa shape index (κ2) is 17.7. The summed E-state index contributed by atoms with van der Waals surface area (Å²) in [5, 5.41) is 2.89. The lowest BCUT2D eigenvalue weighted by molar-refractivity contribution is -0.297. The number of carbonyl (C=O) groups is 3. The molecule has 2 heterocycles. The Labute approximate surface area is 301 Å². The number of methoxy groups -OCH3 is 4. The molecule has 0 unspecified atom stereocenters. The summed E-state index contributed by atoms with van der Waals surface area (Å²) in [5.41, 5.74) is 0.739. The highest BCUT2D eigenvalue weighted by Crippen LogP contribution is 2.43. The van der Waals surface area contributed by atoms with Crippen molar-refractivity contribution < 1.29 is 52.3 Å². The van der Waals surface area contributed by atoms with Gasteiger partial charge in [-0.1, -0.05) is 69.3 Å². The fourth-order valence-corrected chi connectivity index (χ4v) is 6.61. The number of benzene rings is 2. The molecule has 0 aromatic heterocycles. The molecule has 280 valence electrons. The van der Waals surface area contributed by atoms with E-state index in [-0.39, 0.29) is 30.4 Å². The molecule has 4 rings (SSSR count). The van der Waals surface area contributed by atoms with Crippen LogP contribution in [-0.2, 0) is 42.7 Å². The van der Waals surface area contributed by atoms with Crippen LogP contribution in [0.1, 0.15) is 67.7 Å². The highest BCUT2D eigenvalue weighted by atomic mass is 16.7. The van der Waals surface area contributed by atoms with E-state index in [1.165, 1.54) is 14.2 Å². The highest BCUT2D eigenvalue weighted by molar-refractivity contribution is 5.93. The molecule has 12 heteroatoms.